The molecule has 0 spiro atoms. The molecule has 0 heterocycles. The second-order valence-corrected chi connectivity index (χ2v) is 0. The summed E-state index contributed by atoms with van der Waals surface area (Å²) in [7, 11) is 0. The molecule has 0 aliphatic heterocycles. The summed E-state index contributed by atoms with van der Waals surface area (Å²) < 4.78 is 0. The third-order valence-electron chi connectivity index (χ3n) is 0. The van der Waals surface area contributed by atoms with Crippen LogP contribution >= 0.6 is 0 Å². The van der Waals surface area contributed by atoms with Crippen molar-refractivity contribution in [3.8, 4) is 0 Å². The molecule has 6 heavy (non-hydrogen) atoms. The average molecular weight is 481 g/mol. The van der Waals surface area contributed by atoms with Crippen molar-refractivity contribution in [1.29, 1.82) is 0 Å². The molecule has 0 aliphatic rings. The Bertz CT molecular complexity index is 10.8. The fourth-order valence-corrected chi connectivity index (χ4v) is 0. The molecule has 26 valence electrons. The molecule has 0 unspecified atom stereocenters. The zero-order valence-corrected chi connectivity index (χ0v) is 16.5. The van der Waals surface area contributed by atoms with Crippen LogP contribution in [-0.2, 0) is 87.3 Å². The van der Waals surface area contributed by atoms with Gasteiger partial charge in [-0.2, -0.15) is 0 Å². The minimum Gasteiger partial charge on any atom is -2.00 e. The Labute approximate surface area is 112 Å². The van der Waals surface area contributed by atoms with Crippen LogP contribution in [0.1, 0.15) is 0 Å². The van der Waals surface area contributed by atoms with Crippen molar-refractivity contribution < 1.29 is 46.8 Å². The molecule has 0 amide bonds. The standard InChI is InChI=1S/Cd.Pb.3S.Zn/q2*+2;3*-2;+2. The molecule has 0 saturated carbocycles. The van der Waals surface area contributed by atoms with Crippen LogP contribution in [0.2, 0.25) is 0 Å². The van der Waals surface area contributed by atoms with Crippen molar-refractivity contribution in [2.75, 3.05) is 0 Å². The van der Waals surface area contributed by atoms with E-state index in [1.807, 2.05) is 0 Å². The third-order valence-corrected chi connectivity index (χ3v) is 0. The maximum atomic E-state index is 0. The summed E-state index contributed by atoms with van der Waals surface area (Å²) in [4.78, 5) is 0. The van der Waals surface area contributed by atoms with E-state index in [4.69, 9.17) is 0 Å². The van der Waals surface area contributed by atoms with Gasteiger partial charge < -0.3 is 40.5 Å². The second-order valence-electron chi connectivity index (χ2n) is 0. The maximum absolute atomic E-state index is 0. The van der Waals surface area contributed by atoms with E-state index in [0.29, 0.717) is 0 Å². The first-order valence-corrected chi connectivity index (χ1v) is 0. The monoisotopic (exact) mass is 482 g/mol. The van der Waals surface area contributed by atoms with Gasteiger partial charge in [0.25, 0.3) is 0 Å². The largest absolute Gasteiger partial charge is 2.00 e. The second kappa shape index (κ2) is 38.9. The topological polar surface area (TPSA) is 0 Å². The normalized spacial score (nSPS) is 0. The molecule has 0 rings (SSSR count). The zero-order chi connectivity index (χ0) is 0. The molecule has 0 aromatic heterocycles. The molecule has 6 heteroatoms. The molecular weight excluding hydrogens is 481 g/mol. The van der Waals surface area contributed by atoms with E-state index in [9.17, 15) is 0 Å². The van der Waals surface area contributed by atoms with Gasteiger partial charge in [0.05, 0.1) is 0 Å². The van der Waals surface area contributed by atoms with Crippen molar-refractivity contribution in [2.45, 2.75) is 0 Å². The number of hydrogen-bond donors (Lipinski definition) is 0. The summed E-state index contributed by atoms with van der Waals surface area (Å²) in [5, 5.41) is 0. The molecule has 0 saturated heterocycles. The van der Waals surface area contributed by atoms with Crippen molar-refractivity contribution in [2.24, 2.45) is 0 Å². The van der Waals surface area contributed by atoms with Crippen LogP contribution in [0.15, 0.2) is 0 Å². The molecule has 0 N–H and O–H groups in total. The minimum atomic E-state index is 0. The first-order chi connectivity index (χ1) is 0. The first kappa shape index (κ1) is 55.8. The minimum absolute atomic E-state index is 0. The van der Waals surface area contributed by atoms with E-state index >= 15 is 0 Å². The van der Waals surface area contributed by atoms with E-state index in [-0.39, 0.29) is 115 Å². The van der Waals surface area contributed by atoms with Crippen molar-refractivity contribution in [3.05, 3.63) is 0 Å². The average Bonchev–Trinajstić information content (AvgIpc) is 0. The Morgan fingerprint density at radius 1 is 0.667 bits per heavy atom. The van der Waals surface area contributed by atoms with Gasteiger partial charge in [-0.3, -0.25) is 0 Å². The first-order valence-electron chi connectivity index (χ1n) is 0. The number of rotatable bonds is 0. The smallest absolute Gasteiger partial charge is 2.00 e. The van der Waals surface area contributed by atoms with Gasteiger partial charge in [0.15, 0.2) is 0 Å². The predicted octanol–water partition coefficient (Wildman–Crippen LogP) is -0.393. The van der Waals surface area contributed by atoms with Crippen LogP contribution in [-0.4, -0.2) is 27.3 Å². The van der Waals surface area contributed by atoms with Gasteiger partial charge in [-0.25, -0.2) is 0 Å². The van der Waals surface area contributed by atoms with Crippen molar-refractivity contribution >= 4 is 67.8 Å². The molecule has 0 aliphatic carbocycles. The van der Waals surface area contributed by atoms with Crippen LogP contribution in [0.3, 0.4) is 0 Å². The van der Waals surface area contributed by atoms with Crippen LogP contribution in [0.4, 0.5) is 0 Å². The molecule has 0 nitrogen and oxygen atoms in total. The summed E-state index contributed by atoms with van der Waals surface area (Å²) in [5.41, 5.74) is 0. The van der Waals surface area contributed by atoms with Gasteiger partial charge in [-0.05, 0) is 0 Å². The van der Waals surface area contributed by atoms with Crippen molar-refractivity contribution in [1.82, 2.24) is 0 Å². The molecular formula is CdPbS3Zn. The quantitative estimate of drug-likeness (QED) is 0.414. The molecule has 0 atom stereocenters. The fraction of sp³-hybridized carbons (Fsp3) is 0. The van der Waals surface area contributed by atoms with Gasteiger partial charge in [0, 0.05) is 0 Å². The Hall–Kier alpha value is 3.52. The third kappa shape index (κ3) is 25.8. The molecule has 0 bridgehead atoms. The van der Waals surface area contributed by atoms with E-state index in [1.165, 1.54) is 0 Å². The van der Waals surface area contributed by atoms with E-state index < -0.39 is 0 Å². The van der Waals surface area contributed by atoms with Crippen LogP contribution in [0.5, 0.6) is 0 Å². The predicted molar refractivity (Wildman–Crippen MR) is 27.8 cm³/mol. The Morgan fingerprint density at radius 3 is 0.667 bits per heavy atom. The zero-order valence-electron chi connectivity index (χ0n) is 3.14. The van der Waals surface area contributed by atoms with E-state index in [2.05, 4.69) is 0 Å². The Balaban J connectivity index is 0. The summed E-state index contributed by atoms with van der Waals surface area (Å²) in [6, 6.07) is 0. The van der Waals surface area contributed by atoms with Crippen LogP contribution in [0, 0.1) is 0 Å². The summed E-state index contributed by atoms with van der Waals surface area (Å²) in [5.74, 6) is 0. The van der Waals surface area contributed by atoms with Crippen LogP contribution < -0.4 is 0 Å². The number of hydrogen-bond acceptors (Lipinski definition) is 0. The molecule has 0 fully saturated rings. The molecule has 2 radical (unpaired) electrons. The Kier molecular flexibility index (Phi) is 362. The summed E-state index contributed by atoms with van der Waals surface area (Å²) in [6.45, 7) is 0. The maximum Gasteiger partial charge on any atom is 2.00 e. The fourth-order valence-electron chi connectivity index (χ4n) is 0. The van der Waals surface area contributed by atoms with Gasteiger partial charge in [0.2, 0.25) is 0 Å². The van der Waals surface area contributed by atoms with E-state index in [0.717, 1.165) is 0 Å². The Morgan fingerprint density at radius 2 is 0.667 bits per heavy atom. The SMILES string of the molecule is [Cd+2].[Pb+2].[S-2].[S-2].[S-2].[Zn+2]. The van der Waals surface area contributed by atoms with Gasteiger partial charge in [0.1, 0.15) is 0 Å². The van der Waals surface area contributed by atoms with Crippen LogP contribution in [0.25, 0.3) is 0 Å². The summed E-state index contributed by atoms with van der Waals surface area (Å²) >= 11 is 0. The molecule has 0 aromatic carbocycles. The summed E-state index contributed by atoms with van der Waals surface area (Å²) in [6.07, 6.45) is 0. The van der Waals surface area contributed by atoms with Crippen molar-refractivity contribution in [3.63, 3.8) is 0 Å². The van der Waals surface area contributed by atoms with Gasteiger partial charge in [-0.1, -0.05) is 0 Å². The molecule has 0 aromatic rings. The van der Waals surface area contributed by atoms with Gasteiger partial charge in [-0.15, -0.1) is 0 Å². The van der Waals surface area contributed by atoms with Gasteiger partial charge >= 0.3 is 74.1 Å². The van der Waals surface area contributed by atoms with E-state index in [1.54, 1.807) is 0 Å².